The number of benzene rings is 2. The minimum absolute atomic E-state index is 0.0312. The fraction of sp³-hybridized carbons (Fsp3) is 0.500. The number of nitrogens with zero attached hydrogens (tertiary/aromatic N) is 1. The Bertz CT molecular complexity index is 1090. The second-order valence-corrected chi connectivity index (χ2v) is 11.1. The SMILES string of the molecule is CN(C)CCS(=O)(=O)NC[C@H]1CC[C@@H]2[C@H](O1)c1cc(C(F)(F)F)ccc1N[C@H]2c1ccccc1. The minimum atomic E-state index is -4.46. The van der Waals surface area contributed by atoms with Crippen LogP contribution < -0.4 is 10.0 Å². The van der Waals surface area contributed by atoms with Gasteiger partial charge < -0.3 is 15.0 Å². The molecule has 1 fully saturated rings. The van der Waals surface area contributed by atoms with Crippen LogP contribution in [0.25, 0.3) is 0 Å². The molecule has 0 saturated carbocycles. The lowest BCUT2D eigenvalue weighted by molar-refractivity contribution is -0.138. The van der Waals surface area contributed by atoms with Gasteiger partial charge in [-0.1, -0.05) is 30.3 Å². The van der Waals surface area contributed by atoms with E-state index in [0.717, 1.165) is 17.7 Å². The van der Waals surface area contributed by atoms with Crippen molar-refractivity contribution in [3.63, 3.8) is 0 Å². The molecule has 34 heavy (non-hydrogen) atoms. The third kappa shape index (κ3) is 5.73. The zero-order valence-electron chi connectivity index (χ0n) is 19.2. The first-order chi connectivity index (χ1) is 16.0. The van der Waals surface area contributed by atoms with Crippen LogP contribution in [0.15, 0.2) is 48.5 Å². The fourth-order valence-electron chi connectivity index (χ4n) is 4.67. The number of sulfonamides is 1. The molecule has 0 aromatic heterocycles. The zero-order valence-corrected chi connectivity index (χ0v) is 20.0. The van der Waals surface area contributed by atoms with Crippen LogP contribution in [0.2, 0.25) is 0 Å². The highest BCUT2D eigenvalue weighted by molar-refractivity contribution is 7.89. The lowest BCUT2D eigenvalue weighted by Gasteiger charge is -2.46. The highest BCUT2D eigenvalue weighted by Gasteiger charge is 2.43. The summed E-state index contributed by atoms with van der Waals surface area (Å²) in [6, 6.07) is 13.4. The second kappa shape index (κ2) is 9.85. The molecule has 6 nitrogen and oxygen atoms in total. The summed E-state index contributed by atoms with van der Waals surface area (Å²) in [6.07, 6.45) is -4.16. The molecule has 0 spiro atoms. The summed E-state index contributed by atoms with van der Waals surface area (Å²) in [6.45, 7) is 0.486. The Labute approximate surface area is 198 Å². The van der Waals surface area contributed by atoms with E-state index in [-0.39, 0.29) is 24.3 Å². The molecular weight excluding hydrogens is 467 g/mol. The van der Waals surface area contributed by atoms with Gasteiger partial charge >= 0.3 is 6.18 Å². The van der Waals surface area contributed by atoms with Gasteiger partial charge in [0.1, 0.15) is 0 Å². The molecule has 2 aromatic rings. The van der Waals surface area contributed by atoms with Crippen molar-refractivity contribution in [3.05, 3.63) is 65.2 Å². The summed E-state index contributed by atoms with van der Waals surface area (Å²) >= 11 is 0. The number of ether oxygens (including phenoxy) is 1. The van der Waals surface area contributed by atoms with Crippen LogP contribution in [0, 0.1) is 5.92 Å². The maximum absolute atomic E-state index is 13.4. The van der Waals surface area contributed by atoms with Gasteiger partial charge in [0.25, 0.3) is 0 Å². The summed E-state index contributed by atoms with van der Waals surface area (Å²) in [5.41, 5.74) is 1.39. The van der Waals surface area contributed by atoms with E-state index in [1.807, 2.05) is 30.3 Å². The predicted octanol–water partition coefficient (Wildman–Crippen LogP) is 4.19. The van der Waals surface area contributed by atoms with Gasteiger partial charge in [-0.05, 0) is 50.7 Å². The first-order valence-electron chi connectivity index (χ1n) is 11.3. The molecule has 0 unspecified atom stereocenters. The monoisotopic (exact) mass is 497 g/mol. The normalized spacial score (nSPS) is 24.9. The van der Waals surface area contributed by atoms with Gasteiger partial charge in [0.15, 0.2) is 0 Å². The average molecular weight is 498 g/mol. The quantitative estimate of drug-likeness (QED) is 0.601. The third-order valence-electron chi connectivity index (χ3n) is 6.47. The molecule has 186 valence electrons. The summed E-state index contributed by atoms with van der Waals surface area (Å²) in [5.74, 6) is -0.115. The summed E-state index contributed by atoms with van der Waals surface area (Å²) in [7, 11) is 0.118. The molecule has 10 heteroatoms. The lowest BCUT2D eigenvalue weighted by atomic mass is 9.76. The Kier molecular flexibility index (Phi) is 7.23. The minimum Gasteiger partial charge on any atom is -0.378 e. The molecule has 0 radical (unpaired) electrons. The van der Waals surface area contributed by atoms with Gasteiger partial charge in [0, 0.05) is 30.3 Å². The molecule has 1 saturated heterocycles. The number of halogens is 3. The van der Waals surface area contributed by atoms with Crippen molar-refractivity contribution in [3.8, 4) is 0 Å². The van der Waals surface area contributed by atoms with Gasteiger partial charge in [0.2, 0.25) is 10.0 Å². The van der Waals surface area contributed by atoms with Crippen molar-refractivity contribution in [1.29, 1.82) is 0 Å². The van der Waals surface area contributed by atoms with Gasteiger partial charge in [-0.2, -0.15) is 13.2 Å². The maximum atomic E-state index is 13.4. The van der Waals surface area contributed by atoms with Crippen LogP contribution in [0.1, 0.15) is 41.7 Å². The van der Waals surface area contributed by atoms with Crippen molar-refractivity contribution in [2.45, 2.75) is 37.3 Å². The molecule has 2 N–H and O–H groups in total. The number of anilines is 1. The molecule has 2 aromatic carbocycles. The highest BCUT2D eigenvalue weighted by Crippen LogP contribution is 2.51. The van der Waals surface area contributed by atoms with E-state index in [1.54, 1.807) is 19.0 Å². The molecule has 0 amide bonds. The van der Waals surface area contributed by atoms with Crippen LogP contribution in [-0.4, -0.2) is 52.4 Å². The van der Waals surface area contributed by atoms with Gasteiger partial charge in [-0.3, -0.25) is 0 Å². The maximum Gasteiger partial charge on any atom is 0.416 e. The summed E-state index contributed by atoms with van der Waals surface area (Å²) in [5, 5.41) is 3.43. The van der Waals surface area contributed by atoms with Crippen LogP contribution >= 0.6 is 0 Å². The number of nitrogens with one attached hydrogen (secondary N) is 2. The average Bonchev–Trinajstić information content (AvgIpc) is 2.80. The van der Waals surface area contributed by atoms with Crippen molar-refractivity contribution in [2.75, 3.05) is 38.3 Å². The van der Waals surface area contributed by atoms with E-state index in [1.165, 1.54) is 6.07 Å². The predicted molar refractivity (Wildman–Crippen MR) is 125 cm³/mol. The fourth-order valence-corrected chi connectivity index (χ4v) is 5.86. The van der Waals surface area contributed by atoms with Crippen molar-refractivity contribution < 1.29 is 26.3 Å². The Hall–Kier alpha value is -2.14. The van der Waals surface area contributed by atoms with Gasteiger partial charge in [-0.15, -0.1) is 0 Å². The first-order valence-corrected chi connectivity index (χ1v) is 13.0. The van der Waals surface area contributed by atoms with Crippen LogP contribution in [-0.2, 0) is 20.9 Å². The summed E-state index contributed by atoms with van der Waals surface area (Å²) in [4.78, 5) is 1.79. The highest BCUT2D eigenvalue weighted by atomic mass is 32.2. The van der Waals surface area contributed by atoms with Crippen molar-refractivity contribution >= 4 is 15.7 Å². The first kappa shape index (κ1) is 25.0. The van der Waals surface area contributed by atoms with E-state index in [0.29, 0.717) is 30.6 Å². The molecule has 0 aliphatic carbocycles. The molecule has 2 aliphatic heterocycles. The number of fused-ring (bicyclic) bond motifs is 3. The molecule has 0 bridgehead atoms. The van der Waals surface area contributed by atoms with Crippen LogP contribution in [0.4, 0.5) is 18.9 Å². The lowest BCUT2D eigenvalue weighted by Crippen LogP contribution is -2.43. The Morgan fingerprint density at radius 1 is 1.12 bits per heavy atom. The van der Waals surface area contributed by atoms with E-state index in [2.05, 4.69) is 10.0 Å². The third-order valence-corrected chi connectivity index (χ3v) is 7.80. The van der Waals surface area contributed by atoms with Crippen LogP contribution in [0.3, 0.4) is 0 Å². The van der Waals surface area contributed by atoms with E-state index in [4.69, 9.17) is 4.74 Å². The molecule has 2 heterocycles. The number of alkyl halides is 3. The van der Waals surface area contributed by atoms with E-state index >= 15 is 0 Å². The molecule has 2 aliphatic rings. The Morgan fingerprint density at radius 2 is 1.85 bits per heavy atom. The van der Waals surface area contributed by atoms with Gasteiger partial charge in [0.05, 0.1) is 29.6 Å². The number of hydrogen-bond donors (Lipinski definition) is 2. The topological polar surface area (TPSA) is 70.7 Å². The zero-order chi connectivity index (χ0) is 24.5. The van der Waals surface area contributed by atoms with Crippen LogP contribution in [0.5, 0.6) is 0 Å². The van der Waals surface area contributed by atoms with Crippen molar-refractivity contribution in [1.82, 2.24) is 9.62 Å². The molecule has 4 atom stereocenters. The number of rotatable bonds is 7. The summed E-state index contributed by atoms with van der Waals surface area (Å²) < 4.78 is 73.9. The Balaban J connectivity index is 1.58. The smallest absolute Gasteiger partial charge is 0.378 e. The van der Waals surface area contributed by atoms with Gasteiger partial charge in [-0.25, -0.2) is 13.1 Å². The second-order valence-electron chi connectivity index (χ2n) is 9.22. The molecular formula is C24H30F3N3O3S. The van der Waals surface area contributed by atoms with E-state index < -0.39 is 34.0 Å². The largest absolute Gasteiger partial charge is 0.416 e. The molecule has 4 rings (SSSR count). The number of hydrogen-bond acceptors (Lipinski definition) is 5. The Morgan fingerprint density at radius 3 is 2.53 bits per heavy atom. The standard InChI is InChI=1S/C24H30F3N3O3S/c1-30(2)12-13-34(31,32)28-15-18-9-10-19-22(16-6-4-3-5-7-16)29-21-11-8-17(24(25,26)27)14-20(21)23(19)33-18/h3-8,11,14,18-19,22-23,28-29H,9-10,12-13,15H2,1-2H3/t18-,19+,22+,23+/m1/s1. The van der Waals surface area contributed by atoms with E-state index in [9.17, 15) is 21.6 Å². The van der Waals surface area contributed by atoms with Crippen molar-refractivity contribution in [2.24, 2.45) is 5.92 Å².